The van der Waals surface area contributed by atoms with Crippen molar-refractivity contribution in [2.75, 3.05) is 32.7 Å². The van der Waals surface area contributed by atoms with Gasteiger partial charge in [-0.15, -0.1) is 0 Å². The van der Waals surface area contributed by atoms with E-state index in [9.17, 15) is 9.59 Å². The highest BCUT2D eigenvalue weighted by Gasteiger charge is 2.28. The summed E-state index contributed by atoms with van der Waals surface area (Å²) in [6.07, 6.45) is 3.15. The molecule has 2 aromatic rings. The Balaban J connectivity index is 1.81. The summed E-state index contributed by atoms with van der Waals surface area (Å²) in [7, 11) is 4.80. The summed E-state index contributed by atoms with van der Waals surface area (Å²) < 4.78 is 11.1. The van der Waals surface area contributed by atoms with Gasteiger partial charge in [-0.05, 0) is 56.0 Å². The van der Waals surface area contributed by atoms with Gasteiger partial charge in [0.05, 0.1) is 26.0 Å². The van der Waals surface area contributed by atoms with E-state index in [1.807, 2.05) is 48.2 Å². The third-order valence-electron chi connectivity index (χ3n) is 6.20. The summed E-state index contributed by atoms with van der Waals surface area (Å²) in [4.78, 5) is 26.8. The minimum absolute atomic E-state index is 0.155. The molecule has 1 saturated heterocycles. The lowest BCUT2D eigenvalue weighted by Gasteiger charge is -2.27. The molecule has 0 aliphatic carbocycles. The van der Waals surface area contributed by atoms with Crippen LogP contribution in [0.3, 0.4) is 0 Å². The summed E-state index contributed by atoms with van der Waals surface area (Å²) in [6.45, 7) is 2.70. The normalized spacial score (nSPS) is 18.2. The summed E-state index contributed by atoms with van der Waals surface area (Å²) in [5.74, 6) is 1.39. The van der Waals surface area contributed by atoms with Crippen LogP contribution >= 0.6 is 0 Å². The van der Waals surface area contributed by atoms with Gasteiger partial charge in [0.1, 0.15) is 0 Å². The molecule has 174 valence electrons. The molecule has 0 aromatic heterocycles. The highest BCUT2D eigenvalue weighted by molar-refractivity contribution is 6.14. The van der Waals surface area contributed by atoms with Crippen LogP contribution in [0.2, 0.25) is 0 Å². The molecule has 0 saturated carbocycles. The first-order valence-electron chi connectivity index (χ1n) is 11.2. The standard InChI is InChI=1S/C25H30N4O4/c1-16-13-18-14-21(32-3)22(33-4)15-20(18)24(27-29(16)25(31)26-2)17-8-10-19(11-9-17)28-12-6-5-7-23(28)30/h8-11,14-16H,5-7,12-13H2,1-4H3,(H,26,31). The second kappa shape index (κ2) is 9.52. The molecule has 1 fully saturated rings. The molecular weight excluding hydrogens is 420 g/mol. The van der Waals surface area contributed by atoms with E-state index in [0.717, 1.165) is 41.8 Å². The van der Waals surface area contributed by atoms with Gasteiger partial charge in [0.15, 0.2) is 11.5 Å². The average Bonchev–Trinajstić information content (AvgIpc) is 2.98. The number of ether oxygens (including phenoxy) is 2. The van der Waals surface area contributed by atoms with Crippen molar-refractivity contribution in [1.82, 2.24) is 10.3 Å². The molecule has 8 nitrogen and oxygen atoms in total. The van der Waals surface area contributed by atoms with Crippen molar-refractivity contribution in [1.29, 1.82) is 0 Å². The first kappa shape index (κ1) is 22.6. The quantitative estimate of drug-likeness (QED) is 0.772. The van der Waals surface area contributed by atoms with Crippen molar-refractivity contribution in [3.63, 3.8) is 0 Å². The number of hydrazone groups is 1. The van der Waals surface area contributed by atoms with Crippen molar-refractivity contribution in [2.45, 2.75) is 38.6 Å². The molecule has 3 amide bonds. The predicted octanol–water partition coefficient (Wildman–Crippen LogP) is 3.56. The molecule has 1 unspecified atom stereocenters. The number of nitrogens with zero attached hydrogens (tertiary/aromatic N) is 3. The molecule has 4 rings (SSSR count). The van der Waals surface area contributed by atoms with Crippen LogP contribution in [-0.2, 0) is 11.2 Å². The van der Waals surface area contributed by atoms with Crippen LogP contribution in [0.1, 0.15) is 42.9 Å². The average molecular weight is 451 g/mol. The number of benzene rings is 2. The van der Waals surface area contributed by atoms with Crippen LogP contribution in [0.25, 0.3) is 0 Å². The van der Waals surface area contributed by atoms with Crippen molar-refractivity contribution in [2.24, 2.45) is 5.10 Å². The molecule has 0 spiro atoms. The summed E-state index contributed by atoms with van der Waals surface area (Å²) >= 11 is 0. The Morgan fingerprint density at radius 1 is 1.09 bits per heavy atom. The predicted molar refractivity (Wildman–Crippen MR) is 127 cm³/mol. The number of piperidine rings is 1. The zero-order chi connectivity index (χ0) is 23.5. The highest BCUT2D eigenvalue weighted by atomic mass is 16.5. The van der Waals surface area contributed by atoms with Crippen molar-refractivity contribution >= 4 is 23.3 Å². The fourth-order valence-corrected chi connectivity index (χ4v) is 4.43. The van der Waals surface area contributed by atoms with Gasteiger partial charge in [-0.3, -0.25) is 4.79 Å². The number of amides is 3. The van der Waals surface area contributed by atoms with Crippen molar-refractivity contribution in [3.8, 4) is 11.5 Å². The maximum absolute atomic E-state index is 12.6. The van der Waals surface area contributed by atoms with Crippen molar-refractivity contribution < 1.29 is 19.1 Å². The summed E-state index contributed by atoms with van der Waals surface area (Å²) in [6, 6.07) is 11.2. The first-order chi connectivity index (χ1) is 16.0. The number of hydrogen-bond acceptors (Lipinski definition) is 5. The minimum atomic E-state index is -0.276. The lowest BCUT2D eigenvalue weighted by molar-refractivity contribution is -0.119. The maximum Gasteiger partial charge on any atom is 0.337 e. The third kappa shape index (κ3) is 4.37. The molecule has 2 aromatic carbocycles. The fourth-order valence-electron chi connectivity index (χ4n) is 4.43. The Morgan fingerprint density at radius 3 is 2.42 bits per heavy atom. The van der Waals surface area contributed by atoms with Gasteiger partial charge in [-0.1, -0.05) is 12.1 Å². The molecular formula is C25H30N4O4. The topological polar surface area (TPSA) is 83.5 Å². The van der Waals surface area contributed by atoms with Gasteiger partial charge in [-0.25, -0.2) is 9.80 Å². The SMILES string of the molecule is CNC(=O)N1N=C(c2ccc(N3CCCCC3=O)cc2)c2cc(OC)c(OC)cc2CC1C. The van der Waals surface area contributed by atoms with E-state index in [-0.39, 0.29) is 18.0 Å². The molecule has 0 radical (unpaired) electrons. The summed E-state index contributed by atoms with van der Waals surface area (Å²) in [5.41, 5.74) is 4.28. The number of rotatable bonds is 4. The molecule has 0 bridgehead atoms. The number of anilines is 1. The monoisotopic (exact) mass is 450 g/mol. The third-order valence-corrected chi connectivity index (χ3v) is 6.20. The number of fused-ring (bicyclic) bond motifs is 1. The minimum Gasteiger partial charge on any atom is -0.493 e. The van der Waals surface area contributed by atoms with Gasteiger partial charge < -0.3 is 19.7 Å². The van der Waals surface area contributed by atoms with Crippen molar-refractivity contribution in [3.05, 3.63) is 53.1 Å². The van der Waals surface area contributed by atoms with Crippen LogP contribution in [-0.4, -0.2) is 56.5 Å². The van der Waals surface area contributed by atoms with Crippen LogP contribution in [0.4, 0.5) is 10.5 Å². The Labute approximate surface area is 194 Å². The first-order valence-corrected chi connectivity index (χ1v) is 11.2. The number of nitrogens with one attached hydrogen (secondary N) is 1. The molecule has 33 heavy (non-hydrogen) atoms. The smallest absolute Gasteiger partial charge is 0.337 e. The molecule has 8 heteroatoms. The number of carbonyl (C=O) groups is 2. The second-order valence-electron chi connectivity index (χ2n) is 8.32. The van der Waals surface area contributed by atoms with E-state index in [0.29, 0.717) is 30.1 Å². The highest BCUT2D eigenvalue weighted by Crippen LogP contribution is 2.35. The fraction of sp³-hybridized carbons (Fsp3) is 0.400. The van der Waals surface area contributed by atoms with E-state index >= 15 is 0 Å². The number of hydrogen-bond donors (Lipinski definition) is 1. The maximum atomic E-state index is 12.6. The Morgan fingerprint density at radius 2 is 1.79 bits per heavy atom. The zero-order valence-corrected chi connectivity index (χ0v) is 19.6. The second-order valence-corrected chi connectivity index (χ2v) is 8.32. The van der Waals surface area contributed by atoms with Gasteiger partial charge in [-0.2, -0.15) is 5.10 Å². The zero-order valence-electron chi connectivity index (χ0n) is 19.6. The Kier molecular flexibility index (Phi) is 6.53. The van der Waals surface area contributed by atoms with Gasteiger partial charge in [0, 0.05) is 36.8 Å². The van der Waals surface area contributed by atoms with E-state index < -0.39 is 0 Å². The number of carbonyl (C=O) groups excluding carboxylic acids is 2. The van der Waals surface area contributed by atoms with Crippen LogP contribution < -0.4 is 19.7 Å². The van der Waals surface area contributed by atoms with Gasteiger partial charge >= 0.3 is 6.03 Å². The van der Waals surface area contributed by atoms with E-state index in [1.54, 1.807) is 21.3 Å². The molecule has 2 heterocycles. The molecule has 2 aliphatic heterocycles. The van der Waals surface area contributed by atoms with Crippen LogP contribution in [0, 0.1) is 0 Å². The molecule has 1 N–H and O–H groups in total. The Bertz CT molecular complexity index is 1080. The lowest BCUT2D eigenvalue weighted by Crippen LogP contribution is -2.41. The molecule has 1 atom stereocenters. The van der Waals surface area contributed by atoms with E-state index in [2.05, 4.69) is 5.32 Å². The van der Waals surface area contributed by atoms with Gasteiger partial charge in [0.2, 0.25) is 5.91 Å². The van der Waals surface area contributed by atoms with E-state index in [4.69, 9.17) is 14.6 Å². The Hall–Kier alpha value is -3.55. The largest absolute Gasteiger partial charge is 0.493 e. The van der Waals surface area contributed by atoms with Crippen LogP contribution in [0.15, 0.2) is 41.5 Å². The van der Waals surface area contributed by atoms with E-state index in [1.165, 1.54) is 5.01 Å². The molecule has 2 aliphatic rings. The lowest BCUT2D eigenvalue weighted by atomic mass is 9.93. The van der Waals surface area contributed by atoms with Gasteiger partial charge in [0.25, 0.3) is 0 Å². The summed E-state index contributed by atoms with van der Waals surface area (Å²) in [5, 5.41) is 8.95. The van der Waals surface area contributed by atoms with Crippen LogP contribution in [0.5, 0.6) is 11.5 Å². The number of methoxy groups -OCH3 is 2. The number of urea groups is 1.